The molecule has 0 aliphatic carbocycles. The lowest BCUT2D eigenvalue weighted by atomic mass is 10.3. The third kappa shape index (κ3) is 2.58. The van der Waals surface area contributed by atoms with Gasteiger partial charge in [0.1, 0.15) is 12.3 Å². The minimum absolute atomic E-state index is 0.0921. The van der Waals surface area contributed by atoms with Crippen molar-refractivity contribution in [1.82, 2.24) is 9.59 Å². The van der Waals surface area contributed by atoms with Gasteiger partial charge in [-0.3, -0.25) is 0 Å². The van der Waals surface area contributed by atoms with Gasteiger partial charge in [0.25, 0.3) is 0 Å². The molecule has 0 radical (unpaired) electrons. The van der Waals surface area contributed by atoms with Crippen LogP contribution in [0.25, 0.3) is 0 Å². The molecule has 0 aliphatic heterocycles. The summed E-state index contributed by atoms with van der Waals surface area (Å²) in [6.07, 6.45) is 0. The smallest absolute Gasteiger partial charge is 0.203 e. The lowest BCUT2D eigenvalue weighted by molar-refractivity contribution is 0.258. The molecular formula is C9H6F4N4OS. The van der Waals surface area contributed by atoms with Crippen LogP contribution in [0.15, 0.2) is 6.07 Å². The monoisotopic (exact) mass is 294 g/mol. The molecule has 0 saturated carbocycles. The van der Waals surface area contributed by atoms with Gasteiger partial charge in [-0.15, -0.1) is 5.10 Å². The topological polar surface area (TPSA) is 73.1 Å². The van der Waals surface area contributed by atoms with Crippen LogP contribution in [-0.2, 0) is 6.61 Å². The summed E-state index contributed by atoms with van der Waals surface area (Å²) in [7, 11) is 0. The predicted octanol–water partition coefficient (Wildman–Crippen LogP) is 1.96. The molecule has 0 amide bonds. The maximum atomic E-state index is 13.3. The van der Waals surface area contributed by atoms with Crippen LogP contribution in [0.1, 0.15) is 5.69 Å². The summed E-state index contributed by atoms with van der Waals surface area (Å²) in [5.74, 6) is -2.38. The molecule has 1 aromatic heterocycles. The van der Waals surface area contributed by atoms with Crippen molar-refractivity contribution in [1.29, 1.82) is 0 Å². The second kappa shape index (κ2) is 5.36. The average Bonchev–Trinajstić information content (AvgIpc) is 2.84. The van der Waals surface area contributed by atoms with Crippen LogP contribution in [0.5, 0.6) is 5.75 Å². The van der Waals surface area contributed by atoms with Crippen molar-refractivity contribution in [3.8, 4) is 5.75 Å². The molecular weight excluding hydrogens is 288 g/mol. The van der Waals surface area contributed by atoms with E-state index in [-0.39, 0.29) is 11.8 Å². The van der Waals surface area contributed by atoms with Crippen molar-refractivity contribution in [2.45, 2.75) is 6.61 Å². The molecule has 0 spiro atoms. The number of nitrogens with two attached hydrogens (primary N) is 1. The average molecular weight is 294 g/mol. The number of halogens is 4. The van der Waals surface area contributed by atoms with Crippen molar-refractivity contribution in [3.63, 3.8) is 0 Å². The number of nitrogens with one attached hydrogen (secondary N) is 1. The van der Waals surface area contributed by atoms with E-state index >= 15 is 0 Å². The largest absolute Gasteiger partial charge is 0.481 e. The van der Waals surface area contributed by atoms with Crippen molar-refractivity contribution in [2.75, 3.05) is 5.43 Å². The molecule has 0 fully saturated rings. The first kappa shape index (κ1) is 13.5. The molecule has 1 aromatic carbocycles. The number of nitrogen functional groups attached to an aromatic ring is 1. The minimum Gasteiger partial charge on any atom is -0.481 e. The van der Waals surface area contributed by atoms with Gasteiger partial charge in [0.05, 0.1) is 0 Å². The minimum atomic E-state index is -1.62. The molecule has 5 nitrogen and oxygen atoms in total. The van der Waals surface area contributed by atoms with Crippen LogP contribution < -0.4 is 16.0 Å². The summed E-state index contributed by atoms with van der Waals surface area (Å²) < 4.78 is 60.6. The Bertz CT molecular complexity index is 580. The fourth-order valence-electron chi connectivity index (χ4n) is 1.23. The lowest BCUT2D eigenvalue weighted by Gasteiger charge is -2.08. The Hall–Kier alpha value is -1.94. The van der Waals surface area contributed by atoms with Crippen LogP contribution in [0.3, 0.4) is 0 Å². The highest BCUT2D eigenvalue weighted by Gasteiger charge is 2.21. The Morgan fingerprint density at radius 3 is 2.42 bits per heavy atom. The number of hydrazine groups is 1. The van der Waals surface area contributed by atoms with Gasteiger partial charge in [-0.2, -0.15) is 8.78 Å². The van der Waals surface area contributed by atoms with Crippen molar-refractivity contribution >= 4 is 16.5 Å². The number of hydrogen-bond donors (Lipinski definition) is 2. The Morgan fingerprint density at radius 2 is 1.84 bits per heavy atom. The van der Waals surface area contributed by atoms with Gasteiger partial charge < -0.3 is 10.2 Å². The number of anilines is 1. The van der Waals surface area contributed by atoms with E-state index in [1.165, 1.54) is 0 Å². The van der Waals surface area contributed by atoms with Crippen LogP contribution >= 0.6 is 11.5 Å². The molecule has 0 bridgehead atoms. The zero-order chi connectivity index (χ0) is 14.0. The standard InChI is InChI=1S/C9H6F4N4OS/c10-3-1-4(11)7(13)8(6(3)12)18-2-5-9(15-14)19-17-16-5/h1,15H,2,14H2. The first-order valence-corrected chi connectivity index (χ1v) is 5.55. The zero-order valence-electron chi connectivity index (χ0n) is 9.08. The zero-order valence-corrected chi connectivity index (χ0v) is 9.90. The number of hydrogen-bond acceptors (Lipinski definition) is 6. The molecule has 0 saturated heterocycles. The fourth-order valence-corrected chi connectivity index (χ4v) is 1.71. The van der Waals surface area contributed by atoms with Gasteiger partial charge in [0.15, 0.2) is 22.4 Å². The van der Waals surface area contributed by atoms with E-state index < -0.39 is 35.6 Å². The van der Waals surface area contributed by atoms with Gasteiger partial charge in [-0.25, -0.2) is 14.6 Å². The molecule has 1 heterocycles. The number of benzene rings is 1. The SMILES string of the molecule is NNc1snnc1COc1c(F)c(F)cc(F)c1F. The normalized spacial score (nSPS) is 10.6. The highest BCUT2D eigenvalue weighted by Crippen LogP contribution is 2.28. The van der Waals surface area contributed by atoms with Crippen molar-refractivity contribution < 1.29 is 22.3 Å². The highest BCUT2D eigenvalue weighted by atomic mass is 32.1. The molecule has 0 aliphatic rings. The summed E-state index contributed by atoms with van der Waals surface area (Å²) in [5.41, 5.74) is 2.39. The van der Waals surface area contributed by atoms with Gasteiger partial charge in [0, 0.05) is 17.6 Å². The van der Waals surface area contributed by atoms with E-state index in [0.29, 0.717) is 5.00 Å². The van der Waals surface area contributed by atoms with Gasteiger partial charge >= 0.3 is 0 Å². The number of nitrogens with zero attached hydrogens (tertiary/aromatic N) is 2. The molecule has 3 N–H and O–H groups in total. The van der Waals surface area contributed by atoms with Crippen LogP contribution in [-0.4, -0.2) is 9.59 Å². The summed E-state index contributed by atoms with van der Waals surface area (Å²) in [4.78, 5) is 0. The van der Waals surface area contributed by atoms with E-state index in [4.69, 9.17) is 10.6 Å². The van der Waals surface area contributed by atoms with E-state index in [2.05, 4.69) is 15.0 Å². The Balaban J connectivity index is 2.25. The summed E-state index contributed by atoms with van der Waals surface area (Å²) in [6, 6.07) is 0.0921. The fraction of sp³-hybridized carbons (Fsp3) is 0.111. The molecule has 10 heteroatoms. The quantitative estimate of drug-likeness (QED) is 0.390. The molecule has 2 rings (SSSR count). The van der Waals surface area contributed by atoms with E-state index in [9.17, 15) is 17.6 Å². The maximum Gasteiger partial charge on any atom is 0.203 e. The van der Waals surface area contributed by atoms with Gasteiger partial charge in [-0.05, 0) is 0 Å². The van der Waals surface area contributed by atoms with Crippen molar-refractivity contribution in [3.05, 3.63) is 35.0 Å². The number of aromatic nitrogens is 2. The summed E-state index contributed by atoms with van der Waals surface area (Å²) in [5, 5.41) is 3.88. The lowest BCUT2D eigenvalue weighted by Crippen LogP contribution is -2.10. The van der Waals surface area contributed by atoms with Crippen LogP contribution in [0.4, 0.5) is 22.6 Å². The number of rotatable bonds is 4. The molecule has 0 atom stereocenters. The molecule has 0 unspecified atom stereocenters. The van der Waals surface area contributed by atoms with Gasteiger partial charge in [0.2, 0.25) is 11.6 Å². The van der Waals surface area contributed by atoms with E-state index in [0.717, 1.165) is 11.5 Å². The second-order valence-corrected chi connectivity index (χ2v) is 4.03. The van der Waals surface area contributed by atoms with E-state index in [1.807, 2.05) is 0 Å². The molecule has 2 aromatic rings. The first-order valence-electron chi connectivity index (χ1n) is 4.78. The van der Waals surface area contributed by atoms with Gasteiger partial charge in [-0.1, -0.05) is 4.49 Å². The maximum absolute atomic E-state index is 13.3. The van der Waals surface area contributed by atoms with Crippen LogP contribution in [0, 0.1) is 23.3 Å². The number of ether oxygens (including phenoxy) is 1. The van der Waals surface area contributed by atoms with Crippen LogP contribution in [0.2, 0.25) is 0 Å². The van der Waals surface area contributed by atoms with Crippen molar-refractivity contribution in [2.24, 2.45) is 5.84 Å². The Morgan fingerprint density at radius 1 is 1.21 bits per heavy atom. The highest BCUT2D eigenvalue weighted by molar-refractivity contribution is 7.10. The van der Waals surface area contributed by atoms with E-state index in [1.54, 1.807) is 0 Å². The Kier molecular flexibility index (Phi) is 3.81. The third-order valence-electron chi connectivity index (χ3n) is 2.11. The molecule has 19 heavy (non-hydrogen) atoms. The summed E-state index contributed by atoms with van der Waals surface area (Å²) >= 11 is 0.887. The predicted molar refractivity (Wildman–Crippen MR) is 58.3 cm³/mol. The molecule has 102 valence electrons. The first-order chi connectivity index (χ1) is 9.04. The summed E-state index contributed by atoms with van der Waals surface area (Å²) in [6.45, 7) is -0.452. The third-order valence-corrected chi connectivity index (χ3v) is 2.81. The Labute approximate surface area is 108 Å². The second-order valence-electron chi connectivity index (χ2n) is 3.28.